The number of hydrogen-bond acceptors (Lipinski definition) is 3. The van der Waals surface area contributed by atoms with Gasteiger partial charge in [0.15, 0.2) is 0 Å². The molecule has 7 heteroatoms. The Bertz CT molecular complexity index is 296. The van der Waals surface area contributed by atoms with Gasteiger partial charge in [-0.2, -0.15) is 0 Å². The topological polar surface area (TPSA) is 29.0 Å². The van der Waals surface area contributed by atoms with E-state index in [1.54, 1.807) is 12.4 Å². The lowest BCUT2D eigenvalue weighted by Gasteiger charge is -2.20. The van der Waals surface area contributed by atoms with Crippen molar-refractivity contribution in [2.45, 2.75) is 6.43 Å². The summed E-state index contributed by atoms with van der Waals surface area (Å²) in [6, 6.07) is 0. The Morgan fingerprint density at radius 1 is 1.40 bits per heavy atom. The van der Waals surface area contributed by atoms with Gasteiger partial charge in [0, 0.05) is 28.4 Å². The van der Waals surface area contributed by atoms with Crippen molar-refractivity contribution in [2.24, 2.45) is 0 Å². The summed E-state index contributed by atoms with van der Waals surface area (Å²) in [7, 11) is 0. The summed E-state index contributed by atoms with van der Waals surface area (Å²) in [5, 5.41) is 0. The lowest BCUT2D eigenvalue weighted by Crippen LogP contribution is -2.32. The maximum atomic E-state index is 12.2. The van der Waals surface area contributed by atoms with Crippen LogP contribution in [0.15, 0.2) is 12.4 Å². The fourth-order valence-corrected chi connectivity index (χ4v) is 1.49. The monoisotopic (exact) mass is 347 g/mol. The summed E-state index contributed by atoms with van der Waals surface area (Å²) in [6.07, 6.45) is 0.738. The molecular formula is C8H9ClF2IN3. The first kappa shape index (κ1) is 12.8. The third-order valence-electron chi connectivity index (χ3n) is 1.60. The minimum atomic E-state index is -2.42. The second kappa shape index (κ2) is 6.37. The van der Waals surface area contributed by atoms with Gasteiger partial charge in [0.25, 0.3) is 6.43 Å². The van der Waals surface area contributed by atoms with Gasteiger partial charge in [-0.05, 0) is 22.6 Å². The summed E-state index contributed by atoms with van der Waals surface area (Å²) < 4.78 is 25.3. The minimum Gasteiger partial charge on any atom is -0.334 e. The van der Waals surface area contributed by atoms with Crippen LogP contribution in [0.25, 0.3) is 0 Å². The summed E-state index contributed by atoms with van der Waals surface area (Å²) in [5.41, 5.74) is 0. The molecule has 1 aromatic rings. The lowest BCUT2D eigenvalue weighted by molar-refractivity contribution is 0.154. The molecule has 0 N–H and O–H groups in total. The minimum absolute atomic E-state index is 0.266. The predicted octanol–water partition coefficient (Wildman–Crippen LogP) is 2.39. The highest BCUT2D eigenvalue weighted by Gasteiger charge is 2.14. The molecule has 0 spiro atoms. The molecule has 0 saturated carbocycles. The van der Waals surface area contributed by atoms with Crippen molar-refractivity contribution in [1.29, 1.82) is 0 Å². The molecule has 0 radical (unpaired) electrons. The molecule has 0 aromatic carbocycles. The molecule has 0 aliphatic carbocycles. The van der Waals surface area contributed by atoms with Gasteiger partial charge < -0.3 is 4.90 Å². The maximum Gasteiger partial charge on any atom is 0.255 e. The number of anilines is 1. The standard InChI is InChI=1S/C8H9ClF2IN3/c9-1-2-15(5-7(10)11)8-13-3-6(12)4-14-8/h3-4,7H,1-2,5H2. The van der Waals surface area contributed by atoms with E-state index < -0.39 is 13.0 Å². The van der Waals surface area contributed by atoms with E-state index in [0.29, 0.717) is 6.54 Å². The van der Waals surface area contributed by atoms with E-state index in [4.69, 9.17) is 11.6 Å². The molecule has 0 aliphatic heterocycles. The highest BCUT2D eigenvalue weighted by molar-refractivity contribution is 14.1. The fraction of sp³-hybridized carbons (Fsp3) is 0.500. The van der Waals surface area contributed by atoms with Crippen LogP contribution in [-0.4, -0.2) is 35.4 Å². The number of alkyl halides is 3. The van der Waals surface area contributed by atoms with Crippen LogP contribution in [-0.2, 0) is 0 Å². The van der Waals surface area contributed by atoms with Crippen LogP contribution in [0.5, 0.6) is 0 Å². The van der Waals surface area contributed by atoms with Crippen molar-refractivity contribution in [2.75, 3.05) is 23.9 Å². The molecule has 1 aromatic heterocycles. The highest BCUT2D eigenvalue weighted by atomic mass is 127. The molecule has 0 atom stereocenters. The zero-order chi connectivity index (χ0) is 11.3. The second-order valence-corrected chi connectivity index (χ2v) is 4.35. The van der Waals surface area contributed by atoms with Crippen molar-refractivity contribution < 1.29 is 8.78 Å². The van der Waals surface area contributed by atoms with Crippen LogP contribution in [0.3, 0.4) is 0 Å². The Morgan fingerprint density at radius 3 is 2.47 bits per heavy atom. The average molecular weight is 348 g/mol. The number of rotatable bonds is 5. The van der Waals surface area contributed by atoms with Crippen LogP contribution in [0.1, 0.15) is 0 Å². The molecule has 1 heterocycles. The number of hydrogen-bond donors (Lipinski definition) is 0. The first-order valence-electron chi connectivity index (χ1n) is 4.20. The predicted molar refractivity (Wildman–Crippen MR) is 63.7 cm³/mol. The van der Waals surface area contributed by atoms with Gasteiger partial charge in [-0.3, -0.25) is 0 Å². The first-order chi connectivity index (χ1) is 7.13. The van der Waals surface area contributed by atoms with Crippen molar-refractivity contribution in [3.05, 3.63) is 16.0 Å². The third-order valence-corrected chi connectivity index (χ3v) is 2.33. The van der Waals surface area contributed by atoms with Crippen molar-refractivity contribution in [3.63, 3.8) is 0 Å². The van der Waals surface area contributed by atoms with Crippen molar-refractivity contribution in [1.82, 2.24) is 9.97 Å². The van der Waals surface area contributed by atoms with Crippen LogP contribution in [0.2, 0.25) is 0 Å². The summed E-state index contributed by atoms with van der Waals surface area (Å²) in [4.78, 5) is 9.30. The van der Waals surface area contributed by atoms with E-state index >= 15 is 0 Å². The molecule has 1 rings (SSSR count). The van der Waals surface area contributed by atoms with E-state index in [2.05, 4.69) is 9.97 Å². The van der Waals surface area contributed by atoms with Gasteiger partial charge in [-0.25, -0.2) is 18.7 Å². The van der Waals surface area contributed by atoms with Crippen molar-refractivity contribution in [3.8, 4) is 0 Å². The summed E-state index contributed by atoms with van der Waals surface area (Å²) in [6.45, 7) is -0.0835. The average Bonchev–Trinajstić information content (AvgIpc) is 2.17. The Labute approximate surface area is 105 Å². The van der Waals surface area contributed by atoms with Crippen LogP contribution >= 0.6 is 34.2 Å². The smallest absolute Gasteiger partial charge is 0.255 e. The molecule has 0 fully saturated rings. The zero-order valence-electron chi connectivity index (χ0n) is 7.71. The fourth-order valence-electron chi connectivity index (χ4n) is 1.01. The Hall–Kier alpha value is -0.240. The number of nitrogens with zero attached hydrogens (tertiary/aromatic N) is 3. The number of halogens is 4. The zero-order valence-corrected chi connectivity index (χ0v) is 10.6. The van der Waals surface area contributed by atoms with Gasteiger partial charge in [0.1, 0.15) is 0 Å². The van der Waals surface area contributed by atoms with E-state index in [0.717, 1.165) is 3.57 Å². The maximum absolute atomic E-state index is 12.2. The Balaban J connectivity index is 2.74. The number of aromatic nitrogens is 2. The third kappa shape index (κ3) is 4.42. The Kier molecular flexibility index (Phi) is 5.44. The van der Waals surface area contributed by atoms with E-state index in [1.165, 1.54) is 4.90 Å². The first-order valence-corrected chi connectivity index (χ1v) is 5.81. The molecule has 0 bridgehead atoms. The second-order valence-electron chi connectivity index (χ2n) is 2.73. The van der Waals surface area contributed by atoms with Gasteiger partial charge in [0.05, 0.1) is 6.54 Å². The SMILES string of the molecule is FC(F)CN(CCCl)c1ncc(I)cn1. The van der Waals surface area contributed by atoms with E-state index in [-0.39, 0.29) is 11.8 Å². The van der Waals surface area contributed by atoms with Gasteiger partial charge >= 0.3 is 0 Å². The molecule has 0 amide bonds. The molecular weight excluding hydrogens is 338 g/mol. The normalized spacial score (nSPS) is 10.7. The largest absolute Gasteiger partial charge is 0.334 e. The molecule has 15 heavy (non-hydrogen) atoms. The van der Waals surface area contributed by atoms with E-state index in [1.807, 2.05) is 22.6 Å². The van der Waals surface area contributed by atoms with Crippen LogP contribution < -0.4 is 4.90 Å². The molecule has 0 unspecified atom stereocenters. The Morgan fingerprint density at radius 2 is 2.00 bits per heavy atom. The van der Waals surface area contributed by atoms with E-state index in [9.17, 15) is 8.78 Å². The highest BCUT2D eigenvalue weighted by Crippen LogP contribution is 2.10. The summed E-state index contributed by atoms with van der Waals surface area (Å²) >= 11 is 7.57. The van der Waals surface area contributed by atoms with Gasteiger partial charge in [0.2, 0.25) is 5.95 Å². The van der Waals surface area contributed by atoms with Crippen LogP contribution in [0.4, 0.5) is 14.7 Å². The molecule has 3 nitrogen and oxygen atoms in total. The molecule has 0 aliphatic rings. The van der Waals surface area contributed by atoms with Crippen LogP contribution in [0, 0.1) is 3.57 Å². The lowest BCUT2D eigenvalue weighted by atomic mass is 10.5. The molecule has 84 valence electrons. The van der Waals surface area contributed by atoms with Crippen molar-refractivity contribution >= 4 is 40.1 Å². The quantitative estimate of drug-likeness (QED) is 0.605. The van der Waals surface area contributed by atoms with Gasteiger partial charge in [-0.15, -0.1) is 11.6 Å². The summed E-state index contributed by atoms with van der Waals surface area (Å²) in [5.74, 6) is 0.554. The molecule has 0 saturated heterocycles. The van der Waals surface area contributed by atoms with Gasteiger partial charge in [-0.1, -0.05) is 0 Å².